The number of carbonyl (C=O) groups excluding carboxylic acids is 2. The number of rotatable bonds is 4. The van der Waals surface area contributed by atoms with Gasteiger partial charge in [0.05, 0.1) is 0 Å². The van der Waals surface area contributed by atoms with E-state index in [0.717, 1.165) is 6.29 Å². The summed E-state index contributed by atoms with van der Waals surface area (Å²) in [4.78, 5) is 35.1. The number of carbonyl (C=O) groups is 3. The Morgan fingerprint density at radius 3 is 2.72 bits per heavy atom. The van der Waals surface area contributed by atoms with E-state index < -0.39 is 22.3 Å². The highest BCUT2D eigenvalue weighted by atomic mass is 32.2. The molecule has 7 heteroatoms. The van der Waals surface area contributed by atoms with Gasteiger partial charge in [-0.05, 0) is 20.3 Å². The van der Waals surface area contributed by atoms with Crippen LogP contribution in [0.3, 0.4) is 0 Å². The molecule has 2 saturated heterocycles. The first-order chi connectivity index (χ1) is 8.25. The molecule has 2 heterocycles. The first-order valence-corrected chi connectivity index (χ1v) is 6.59. The predicted molar refractivity (Wildman–Crippen MR) is 65.9 cm³/mol. The molecule has 0 radical (unpaired) electrons. The Labute approximate surface area is 109 Å². The monoisotopic (exact) mass is 272 g/mol. The van der Waals surface area contributed by atoms with E-state index in [4.69, 9.17) is 5.73 Å². The lowest BCUT2D eigenvalue weighted by Crippen LogP contribution is -2.77. The second kappa shape index (κ2) is 3.96. The number of nitrogens with zero attached hydrogens (tertiary/aromatic N) is 1. The van der Waals surface area contributed by atoms with Crippen molar-refractivity contribution in [3.63, 3.8) is 0 Å². The maximum absolute atomic E-state index is 12.1. The summed E-state index contributed by atoms with van der Waals surface area (Å²) in [6, 6.07) is -0.854. The van der Waals surface area contributed by atoms with Gasteiger partial charge in [-0.1, -0.05) is 0 Å². The van der Waals surface area contributed by atoms with Crippen molar-refractivity contribution in [2.45, 2.75) is 48.4 Å². The first kappa shape index (κ1) is 13.4. The van der Waals surface area contributed by atoms with Crippen LogP contribution >= 0.6 is 11.8 Å². The van der Waals surface area contributed by atoms with E-state index in [2.05, 4.69) is 0 Å². The van der Waals surface area contributed by atoms with Crippen molar-refractivity contribution in [1.82, 2.24) is 4.90 Å². The molecule has 0 saturated carbocycles. The van der Waals surface area contributed by atoms with E-state index in [-0.39, 0.29) is 24.1 Å². The normalized spacial score (nSPS) is 37.1. The Kier molecular flexibility index (Phi) is 2.94. The van der Waals surface area contributed by atoms with Crippen LogP contribution in [0.4, 0.5) is 0 Å². The van der Waals surface area contributed by atoms with Crippen LogP contribution in [-0.2, 0) is 14.4 Å². The molecule has 0 aromatic rings. The quantitative estimate of drug-likeness (QED) is 0.543. The van der Waals surface area contributed by atoms with E-state index in [9.17, 15) is 19.5 Å². The summed E-state index contributed by atoms with van der Waals surface area (Å²) in [5.74, 6) is -1.37. The zero-order valence-electron chi connectivity index (χ0n) is 10.3. The third-order valence-electron chi connectivity index (χ3n) is 3.59. The first-order valence-electron chi connectivity index (χ1n) is 5.71. The van der Waals surface area contributed by atoms with Gasteiger partial charge in [-0.15, -0.1) is 11.8 Å². The van der Waals surface area contributed by atoms with Gasteiger partial charge in [0, 0.05) is 11.2 Å². The Bertz CT molecular complexity index is 425. The molecular weight excluding hydrogens is 256 g/mol. The highest BCUT2D eigenvalue weighted by molar-refractivity contribution is 8.01. The molecule has 0 aromatic heterocycles. The van der Waals surface area contributed by atoms with Crippen LogP contribution in [0.5, 0.6) is 0 Å². The lowest BCUT2D eigenvalue weighted by Gasteiger charge is -2.50. The fourth-order valence-corrected chi connectivity index (χ4v) is 4.36. The van der Waals surface area contributed by atoms with Gasteiger partial charge in [-0.3, -0.25) is 4.79 Å². The van der Waals surface area contributed by atoms with Gasteiger partial charge in [0.2, 0.25) is 5.91 Å². The second-order valence-electron chi connectivity index (χ2n) is 5.27. The van der Waals surface area contributed by atoms with Gasteiger partial charge in [0.15, 0.2) is 0 Å². The van der Waals surface area contributed by atoms with Gasteiger partial charge in [0.25, 0.3) is 0 Å². The molecule has 1 unspecified atom stereocenters. The highest BCUT2D eigenvalue weighted by Gasteiger charge is 2.69. The number of β-lactam (4-membered cyclic amide) rings is 1. The van der Waals surface area contributed by atoms with Crippen LogP contribution in [0.1, 0.15) is 26.7 Å². The molecule has 6 nitrogen and oxygen atoms in total. The summed E-state index contributed by atoms with van der Waals surface area (Å²) in [5.41, 5.74) is 4.95. The molecule has 0 aliphatic carbocycles. The standard InChI is InChI=1S/C11H16N2O4S/c1-10(2)6(7(15)16)13-8(17)11(12,4-3-5-14)9(13)18-10/h5-6,9H,3-4,12H2,1-2H3,(H,15,16)/t6-,9+,11?/m0/s1. The number of carboxylic acids is 1. The molecule has 3 N–H and O–H groups in total. The van der Waals surface area contributed by atoms with Crippen LogP contribution in [0.15, 0.2) is 0 Å². The molecule has 2 rings (SSSR count). The molecule has 0 spiro atoms. The van der Waals surface area contributed by atoms with E-state index in [0.29, 0.717) is 0 Å². The Balaban J connectivity index is 2.26. The Morgan fingerprint density at radius 2 is 2.22 bits per heavy atom. The van der Waals surface area contributed by atoms with Crippen LogP contribution in [0.2, 0.25) is 0 Å². The third-order valence-corrected chi connectivity index (χ3v) is 5.29. The number of amides is 1. The highest BCUT2D eigenvalue weighted by Crippen LogP contribution is 2.54. The minimum atomic E-state index is -1.09. The number of hydrogen-bond donors (Lipinski definition) is 2. The summed E-state index contributed by atoms with van der Waals surface area (Å²) in [6.45, 7) is 3.59. The van der Waals surface area contributed by atoms with Crippen molar-refractivity contribution in [2.75, 3.05) is 0 Å². The number of aldehydes is 1. The lowest BCUT2D eigenvalue weighted by atomic mass is 9.82. The van der Waals surface area contributed by atoms with Crippen LogP contribution in [0.25, 0.3) is 0 Å². The molecule has 2 aliphatic rings. The van der Waals surface area contributed by atoms with Gasteiger partial charge >= 0.3 is 5.97 Å². The van der Waals surface area contributed by atoms with Gasteiger partial charge < -0.3 is 20.5 Å². The molecule has 2 aliphatic heterocycles. The fraction of sp³-hybridized carbons (Fsp3) is 0.727. The Morgan fingerprint density at radius 1 is 1.61 bits per heavy atom. The maximum Gasteiger partial charge on any atom is 0.327 e. The topological polar surface area (TPSA) is 101 Å². The number of aliphatic carboxylic acids is 1. The summed E-state index contributed by atoms with van der Waals surface area (Å²) in [5, 5.41) is 8.88. The van der Waals surface area contributed by atoms with Crippen LogP contribution in [-0.4, -0.2) is 49.9 Å². The van der Waals surface area contributed by atoms with Gasteiger partial charge in [-0.2, -0.15) is 0 Å². The smallest absolute Gasteiger partial charge is 0.327 e. The molecule has 1 amide bonds. The van der Waals surface area contributed by atoms with Gasteiger partial charge in [0.1, 0.15) is 23.2 Å². The minimum Gasteiger partial charge on any atom is -0.480 e. The third kappa shape index (κ3) is 1.57. The van der Waals surface area contributed by atoms with Gasteiger partial charge in [-0.25, -0.2) is 4.79 Å². The van der Waals surface area contributed by atoms with Crippen LogP contribution < -0.4 is 5.73 Å². The Hall–Kier alpha value is -1.08. The molecular formula is C11H16N2O4S. The number of fused-ring (bicyclic) bond motifs is 1. The summed E-state index contributed by atoms with van der Waals surface area (Å²) in [7, 11) is 0. The van der Waals surface area contributed by atoms with Crippen molar-refractivity contribution >= 4 is 29.9 Å². The van der Waals surface area contributed by atoms with E-state index >= 15 is 0 Å². The summed E-state index contributed by atoms with van der Waals surface area (Å²) in [6.07, 6.45) is 1.21. The predicted octanol–water partition coefficient (Wildman–Crippen LogP) is -0.190. The zero-order valence-corrected chi connectivity index (χ0v) is 11.1. The zero-order chi connectivity index (χ0) is 13.7. The fourth-order valence-electron chi connectivity index (χ4n) is 2.68. The number of carboxylic acid groups (broad SMARTS) is 1. The van der Waals surface area contributed by atoms with E-state index in [1.807, 2.05) is 0 Å². The van der Waals surface area contributed by atoms with Crippen molar-refractivity contribution < 1.29 is 19.5 Å². The molecule has 2 fully saturated rings. The summed E-state index contributed by atoms with van der Waals surface area (Å²) < 4.78 is -0.575. The van der Waals surface area contributed by atoms with Crippen LogP contribution in [0, 0.1) is 0 Å². The number of nitrogens with two attached hydrogens (primary N) is 1. The maximum atomic E-state index is 12.1. The lowest BCUT2D eigenvalue weighted by molar-refractivity contribution is -0.166. The minimum absolute atomic E-state index is 0.214. The van der Waals surface area contributed by atoms with Crippen molar-refractivity contribution in [2.24, 2.45) is 5.73 Å². The second-order valence-corrected chi connectivity index (χ2v) is 7.01. The molecule has 18 heavy (non-hydrogen) atoms. The van der Waals surface area contributed by atoms with E-state index in [1.54, 1.807) is 13.8 Å². The average Bonchev–Trinajstić information content (AvgIpc) is 2.55. The molecule has 0 aromatic carbocycles. The summed E-state index contributed by atoms with van der Waals surface area (Å²) >= 11 is 1.40. The van der Waals surface area contributed by atoms with Crippen molar-refractivity contribution in [3.8, 4) is 0 Å². The largest absolute Gasteiger partial charge is 0.480 e. The van der Waals surface area contributed by atoms with Crippen molar-refractivity contribution in [3.05, 3.63) is 0 Å². The average molecular weight is 272 g/mol. The molecule has 0 bridgehead atoms. The molecule has 100 valence electrons. The van der Waals surface area contributed by atoms with E-state index in [1.165, 1.54) is 16.7 Å². The van der Waals surface area contributed by atoms with Crippen molar-refractivity contribution in [1.29, 1.82) is 0 Å². The SMILES string of the molecule is CC1(C)S[C@H]2N(C(=O)C2(N)CCC=O)[C@H]1C(=O)O. The number of hydrogen-bond acceptors (Lipinski definition) is 5. The molecule has 3 atom stereocenters. The number of thioether (sulfide) groups is 1.